The first-order chi connectivity index (χ1) is 7.33. The first-order valence-corrected chi connectivity index (χ1v) is 5.43. The van der Waals surface area contributed by atoms with E-state index in [1.807, 2.05) is 18.2 Å². The largest absolute Gasteiger partial charge is 0.389 e. The van der Waals surface area contributed by atoms with Crippen molar-refractivity contribution in [1.29, 1.82) is 0 Å². The summed E-state index contributed by atoms with van der Waals surface area (Å²) in [5.74, 6) is 0. The number of rotatable bonds is 2. The molecule has 2 aliphatic rings. The summed E-state index contributed by atoms with van der Waals surface area (Å²) in [7, 11) is 0. The van der Waals surface area contributed by atoms with Gasteiger partial charge < -0.3 is 9.84 Å². The van der Waals surface area contributed by atoms with E-state index in [2.05, 4.69) is 17.0 Å². The van der Waals surface area contributed by atoms with Gasteiger partial charge in [0, 0.05) is 19.6 Å². The summed E-state index contributed by atoms with van der Waals surface area (Å²) in [4.78, 5) is 2.26. The molecule has 2 saturated heterocycles. The van der Waals surface area contributed by atoms with Crippen LogP contribution in [0, 0.1) is 0 Å². The monoisotopic (exact) mass is 205 g/mol. The normalized spacial score (nSPS) is 34.9. The zero-order valence-corrected chi connectivity index (χ0v) is 8.54. The van der Waals surface area contributed by atoms with Gasteiger partial charge in [-0.2, -0.15) is 0 Å². The molecule has 1 aromatic rings. The van der Waals surface area contributed by atoms with E-state index in [1.54, 1.807) is 0 Å². The van der Waals surface area contributed by atoms with E-state index in [-0.39, 0.29) is 18.3 Å². The van der Waals surface area contributed by atoms with E-state index in [0.29, 0.717) is 0 Å². The fourth-order valence-electron chi connectivity index (χ4n) is 2.31. The Kier molecular flexibility index (Phi) is 2.24. The maximum atomic E-state index is 9.70. The van der Waals surface area contributed by atoms with Crippen LogP contribution in [0.4, 0.5) is 0 Å². The summed E-state index contributed by atoms with van der Waals surface area (Å²) >= 11 is 0. The molecule has 1 N–H and O–H groups in total. The lowest BCUT2D eigenvalue weighted by atomic mass is 10.1. The SMILES string of the molecule is OC1CN(Cc2ccccc2)CC2OC12. The third-order valence-corrected chi connectivity index (χ3v) is 3.13. The van der Waals surface area contributed by atoms with Crippen LogP contribution in [0.2, 0.25) is 0 Å². The molecule has 2 heterocycles. The summed E-state index contributed by atoms with van der Waals surface area (Å²) in [6.45, 7) is 2.59. The second-order valence-electron chi connectivity index (χ2n) is 4.39. The molecule has 0 saturated carbocycles. The molecular formula is C12H15NO2. The fourth-order valence-corrected chi connectivity index (χ4v) is 2.31. The Bertz CT molecular complexity index is 341. The number of hydrogen-bond acceptors (Lipinski definition) is 3. The number of piperidine rings is 1. The van der Waals surface area contributed by atoms with Gasteiger partial charge in [0.05, 0.1) is 12.2 Å². The van der Waals surface area contributed by atoms with Gasteiger partial charge in [0.2, 0.25) is 0 Å². The highest BCUT2D eigenvalue weighted by Gasteiger charge is 2.49. The molecule has 80 valence electrons. The summed E-state index contributed by atoms with van der Waals surface area (Å²) in [6.07, 6.45) is 0.0990. The summed E-state index contributed by atoms with van der Waals surface area (Å²) in [6, 6.07) is 10.4. The molecular weight excluding hydrogens is 190 g/mol. The topological polar surface area (TPSA) is 36.0 Å². The van der Waals surface area contributed by atoms with Gasteiger partial charge in [-0.15, -0.1) is 0 Å². The number of epoxide rings is 1. The Morgan fingerprint density at radius 3 is 2.80 bits per heavy atom. The van der Waals surface area contributed by atoms with Crippen molar-refractivity contribution in [3.8, 4) is 0 Å². The maximum absolute atomic E-state index is 9.70. The predicted molar refractivity (Wildman–Crippen MR) is 56.4 cm³/mol. The Morgan fingerprint density at radius 1 is 1.27 bits per heavy atom. The number of aliphatic hydroxyl groups excluding tert-OH is 1. The Balaban J connectivity index is 1.64. The Morgan fingerprint density at radius 2 is 2.07 bits per heavy atom. The summed E-state index contributed by atoms with van der Waals surface area (Å²) < 4.78 is 5.37. The van der Waals surface area contributed by atoms with Crippen molar-refractivity contribution in [2.75, 3.05) is 13.1 Å². The van der Waals surface area contributed by atoms with Crippen molar-refractivity contribution in [3.05, 3.63) is 35.9 Å². The molecule has 15 heavy (non-hydrogen) atoms. The number of nitrogens with zero attached hydrogens (tertiary/aromatic N) is 1. The second kappa shape index (κ2) is 3.59. The zero-order chi connectivity index (χ0) is 10.3. The highest BCUT2D eigenvalue weighted by atomic mass is 16.6. The fraction of sp³-hybridized carbons (Fsp3) is 0.500. The molecule has 3 nitrogen and oxygen atoms in total. The van der Waals surface area contributed by atoms with Crippen LogP contribution >= 0.6 is 0 Å². The van der Waals surface area contributed by atoms with Crippen molar-refractivity contribution in [3.63, 3.8) is 0 Å². The molecule has 3 unspecified atom stereocenters. The van der Waals surface area contributed by atoms with Gasteiger partial charge in [-0.1, -0.05) is 30.3 Å². The highest BCUT2D eigenvalue weighted by molar-refractivity contribution is 5.15. The third-order valence-electron chi connectivity index (χ3n) is 3.13. The van der Waals surface area contributed by atoms with E-state index in [1.165, 1.54) is 5.56 Å². The predicted octanol–water partition coefficient (Wildman–Crippen LogP) is 0.630. The van der Waals surface area contributed by atoms with Crippen molar-refractivity contribution < 1.29 is 9.84 Å². The first kappa shape index (κ1) is 9.33. The number of likely N-dealkylation sites (tertiary alicyclic amines) is 1. The minimum atomic E-state index is -0.299. The lowest BCUT2D eigenvalue weighted by Crippen LogP contribution is -2.43. The van der Waals surface area contributed by atoms with Gasteiger partial charge in [-0.3, -0.25) is 4.90 Å². The number of ether oxygens (including phenoxy) is 1. The van der Waals surface area contributed by atoms with E-state index in [0.717, 1.165) is 19.6 Å². The maximum Gasteiger partial charge on any atom is 0.113 e. The molecule has 0 aliphatic carbocycles. The number of β-amino-alcohol motifs (C(OH)–C–C–N with tert-alkyl or cyclic N) is 1. The minimum Gasteiger partial charge on any atom is -0.389 e. The number of fused-ring (bicyclic) bond motifs is 1. The highest BCUT2D eigenvalue weighted by Crippen LogP contribution is 2.31. The standard InChI is InChI=1S/C12H15NO2/c14-10-7-13(8-11-12(10)15-11)6-9-4-2-1-3-5-9/h1-5,10-12,14H,6-8H2. The summed E-state index contributed by atoms with van der Waals surface area (Å²) in [5, 5.41) is 9.70. The number of aliphatic hydroxyl groups is 1. The molecule has 3 atom stereocenters. The quantitative estimate of drug-likeness (QED) is 0.719. The van der Waals surface area contributed by atoms with Crippen molar-refractivity contribution in [2.45, 2.75) is 24.9 Å². The van der Waals surface area contributed by atoms with E-state index >= 15 is 0 Å². The van der Waals surface area contributed by atoms with Crippen molar-refractivity contribution in [2.24, 2.45) is 0 Å². The van der Waals surface area contributed by atoms with Crippen LogP contribution in [0.5, 0.6) is 0 Å². The second-order valence-corrected chi connectivity index (χ2v) is 4.39. The van der Waals surface area contributed by atoms with Gasteiger partial charge in [0.1, 0.15) is 6.10 Å². The molecule has 2 aliphatic heterocycles. The molecule has 0 amide bonds. The van der Waals surface area contributed by atoms with Gasteiger partial charge in [-0.05, 0) is 5.56 Å². The Hall–Kier alpha value is -0.900. The van der Waals surface area contributed by atoms with Crippen molar-refractivity contribution in [1.82, 2.24) is 4.90 Å². The van der Waals surface area contributed by atoms with Gasteiger partial charge in [0.15, 0.2) is 0 Å². The van der Waals surface area contributed by atoms with Crippen LogP contribution in [-0.4, -0.2) is 41.4 Å². The molecule has 1 aromatic carbocycles. The number of hydrogen-bond donors (Lipinski definition) is 1. The van der Waals surface area contributed by atoms with Crippen LogP contribution in [0.1, 0.15) is 5.56 Å². The van der Waals surface area contributed by atoms with E-state index in [9.17, 15) is 5.11 Å². The van der Waals surface area contributed by atoms with Gasteiger partial charge >= 0.3 is 0 Å². The van der Waals surface area contributed by atoms with Crippen LogP contribution in [0.15, 0.2) is 30.3 Å². The molecule has 3 heteroatoms. The molecule has 2 fully saturated rings. The third kappa shape index (κ3) is 1.91. The van der Waals surface area contributed by atoms with E-state index in [4.69, 9.17) is 4.74 Å². The van der Waals surface area contributed by atoms with Gasteiger partial charge in [0.25, 0.3) is 0 Å². The van der Waals surface area contributed by atoms with Crippen LogP contribution < -0.4 is 0 Å². The molecule has 0 spiro atoms. The van der Waals surface area contributed by atoms with Crippen molar-refractivity contribution >= 4 is 0 Å². The molecule has 0 aromatic heterocycles. The zero-order valence-electron chi connectivity index (χ0n) is 8.54. The van der Waals surface area contributed by atoms with Crippen LogP contribution in [0.3, 0.4) is 0 Å². The first-order valence-electron chi connectivity index (χ1n) is 5.43. The molecule has 0 bridgehead atoms. The van der Waals surface area contributed by atoms with Crippen LogP contribution in [0.25, 0.3) is 0 Å². The summed E-state index contributed by atoms with van der Waals surface area (Å²) in [5.41, 5.74) is 1.30. The smallest absolute Gasteiger partial charge is 0.113 e. The Labute approximate surface area is 89.3 Å². The molecule has 0 radical (unpaired) electrons. The number of benzene rings is 1. The van der Waals surface area contributed by atoms with E-state index < -0.39 is 0 Å². The average Bonchev–Trinajstić information content (AvgIpc) is 2.99. The minimum absolute atomic E-state index is 0.122. The lowest BCUT2D eigenvalue weighted by Gasteiger charge is -2.27. The van der Waals surface area contributed by atoms with Crippen LogP contribution in [-0.2, 0) is 11.3 Å². The van der Waals surface area contributed by atoms with Gasteiger partial charge in [-0.25, -0.2) is 0 Å². The lowest BCUT2D eigenvalue weighted by molar-refractivity contribution is 0.0796. The molecule has 3 rings (SSSR count). The average molecular weight is 205 g/mol.